The van der Waals surface area contributed by atoms with E-state index in [4.69, 9.17) is 27.9 Å². The van der Waals surface area contributed by atoms with E-state index < -0.39 is 17.6 Å². The van der Waals surface area contributed by atoms with Crippen LogP contribution in [0.1, 0.15) is 41.4 Å². The van der Waals surface area contributed by atoms with Crippen molar-refractivity contribution in [2.75, 3.05) is 18.6 Å². The number of rotatable bonds is 4. The van der Waals surface area contributed by atoms with Crippen molar-refractivity contribution in [2.45, 2.75) is 31.9 Å². The zero-order valence-corrected chi connectivity index (χ0v) is 21.2. The summed E-state index contributed by atoms with van der Waals surface area (Å²) in [7, 11) is 1.58. The summed E-state index contributed by atoms with van der Waals surface area (Å²) in [5.74, 6) is 5.33. The fourth-order valence-corrected chi connectivity index (χ4v) is 4.00. The van der Waals surface area contributed by atoms with Crippen molar-refractivity contribution in [1.29, 1.82) is 0 Å². The molecule has 1 aliphatic rings. The number of H-pyrrole nitrogens is 1. The number of ether oxygens (including phenoxy) is 1. The number of benzene rings is 2. The molecule has 0 saturated carbocycles. The summed E-state index contributed by atoms with van der Waals surface area (Å²) in [5.41, 5.74) is 0.604. The fraction of sp³-hybridized carbons (Fsp3) is 0.280. The molecule has 0 bridgehead atoms. The molecule has 2 heterocycles. The van der Waals surface area contributed by atoms with E-state index in [1.807, 2.05) is 0 Å². The van der Waals surface area contributed by atoms with Crippen molar-refractivity contribution in [1.82, 2.24) is 20.5 Å². The number of carbonyl (C=O) groups excluding carboxylic acids is 2. The topological polar surface area (TPSA) is 120 Å². The Bertz CT molecular complexity index is 1370. The number of nitrogens with zero attached hydrogens (tertiary/aromatic N) is 3. The lowest BCUT2D eigenvalue weighted by Gasteiger charge is -2.20. The summed E-state index contributed by atoms with van der Waals surface area (Å²) in [6.45, 7) is 3.08. The second-order valence-electron chi connectivity index (χ2n) is 8.71. The van der Waals surface area contributed by atoms with Gasteiger partial charge in [-0.2, -0.15) is 0 Å². The van der Waals surface area contributed by atoms with Crippen LogP contribution in [0.25, 0.3) is 0 Å². The van der Waals surface area contributed by atoms with Gasteiger partial charge in [0.25, 0.3) is 11.8 Å². The first-order valence-electron chi connectivity index (χ1n) is 11.0. The fourth-order valence-electron chi connectivity index (χ4n) is 3.47. The molecule has 1 atom stereocenters. The molecular formula is C25H23Cl2N5O4. The molecule has 0 spiro atoms. The molecule has 11 heteroatoms. The zero-order valence-electron chi connectivity index (χ0n) is 19.7. The van der Waals surface area contributed by atoms with Crippen LogP contribution in [0.4, 0.5) is 5.69 Å². The van der Waals surface area contributed by atoms with Gasteiger partial charge in [-0.3, -0.25) is 14.7 Å². The molecule has 0 aliphatic carbocycles. The molecule has 2 amide bonds. The van der Waals surface area contributed by atoms with Crippen molar-refractivity contribution in [3.05, 3.63) is 69.2 Å². The highest BCUT2D eigenvalue weighted by Crippen LogP contribution is 2.31. The van der Waals surface area contributed by atoms with Crippen LogP contribution >= 0.6 is 23.2 Å². The van der Waals surface area contributed by atoms with Gasteiger partial charge in [-0.05, 0) is 49.7 Å². The molecule has 1 aromatic heterocycles. The number of hydrogen-bond donors (Lipinski definition) is 3. The van der Waals surface area contributed by atoms with Crippen LogP contribution in [0.5, 0.6) is 5.75 Å². The minimum Gasteiger partial charge on any atom is -0.489 e. The molecule has 3 N–H and O–H groups in total. The summed E-state index contributed by atoms with van der Waals surface area (Å²) in [4.78, 5) is 31.5. The van der Waals surface area contributed by atoms with E-state index in [-0.39, 0.29) is 24.8 Å². The van der Waals surface area contributed by atoms with Crippen molar-refractivity contribution >= 4 is 40.7 Å². The Morgan fingerprint density at radius 2 is 2.03 bits per heavy atom. The third-order valence-electron chi connectivity index (χ3n) is 5.31. The van der Waals surface area contributed by atoms with Gasteiger partial charge in [-0.25, -0.2) is 4.98 Å². The average Bonchev–Trinajstić information content (AvgIpc) is 3.26. The maximum Gasteiger partial charge on any atom is 0.291 e. The monoisotopic (exact) mass is 527 g/mol. The van der Waals surface area contributed by atoms with E-state index in [2.05, 4.69) is 32.3 Å². The number of aromatic nitrogens is 3. The van der Waals surface area contributed by atoms with Gasteiger partial charge in [-0.1, -0.05) is 41.1 Å². The second kappa shape index (κ2) is 10.2. The van der Waals surface area contributed by atoms with Crippen molar-refractivity contribution in [2.24, 2.45) is 0 Å². The molecule has 1 aliphatic heterocycles. The summed E-state index contributed by atoms with van der Waals surface area (Å²) in [5, 5.41) is 20.1. The minimum absolute atomic E-state index is 0.0802. The largest absolute Gasteiger partial charge is 0.489 e. The Kier molecular flexibility index (Phi) is 7.22. The van der Waals surface area contributed by atoms with Crippen LogP contribution in [0.15, 0.2) is 36.4 Å². The highest BCUT2D eigenvalue weighted by atomic mass is 35.5. The Labute approximate surface area is 217 Å². The van der Waals surface area contributed by atoms with Crippen LogP contribution in [0, 0.1) is 11.8 Å². The maximum atomic E-state index is 13.1. The maximum absolute atomic E-state index is 13.1. The SMILES string of the molecule is CN1C(=O)[C@H](NC(=O)c2n[nH]c(Cc3c(Cl)cccc3Cl)n2)COc2ccc(C#CC(C)(C)O)cc21. The van der Waals surface area contributed by atoms with Crippen molar-refractivity contribution in [3.63, 3.8) is 0 Å². The molecule has 2 aromatic carbocycles. The average molecular weight is 528 g/mol. The predicted octanol–water partition coefficient (Wildman–Crippen LogP) is 2.98. The number of aromatic amines is 1. The molecular weight excluding hydrogens is 505 g/mol. The molecule has 36 heavy (non-hydrogen) atoms. The number of carbonyl (C=O) groups is 2. The van der Waals surface area contributed by atoms with Crippen LogP contribution in [-0.4, -0.2) is 57.4 Å². The van der Waals surface area contributed by atoms with E-state index in [9.17, 15) is 14.7 Å². The van der Waals surface area contributed by atoms with Gasteiger partial charge >= 0.3 is 0 Å². The third kappa shape index (κ3) is 5.79. The normalized spacial score (nSPS) is 15.3. The lowest BCUT2D eigenvalue weighted by Crippen LogP contribution is -2.49. The van der Waals surface area contributed by atoms with Gasteiger partial charge in [0.1, 0.15) is 29.8 Å². The van der Waals surface area contributed by atoms with Gasteiger partial charge < -0.3 is 20.1 Å². The summed E-state index contributed by atoms with van der Waals surface area (Å²) in [6, 6.07) is 9.30. The quantitative estimate of drug-likeness (QED) is 0.448. The molecule has 0 radical (unpaired) electrons. The van der Waals surface area contributed by atoms with Crippen LogP contribution in [0.3, 0.4) is 0 Å². The molecule has 186 valence electrons. The minimum atomic E-state index is -1.15. The smallest absolute Gasteiger partial charge is 0.291 e. The Morgan fingerprint density at radius 1 is 1.31 bits per heavy atom. The number of hydrogen-bond acceptors (Lipinski definition) is 6. The van der Waals surface area contributed by atoms with E-state index >= 15 is 0 Å². The van der Waals surface area contributed by atoms with Crippen LogP contribution < -0.4 is 15.0 Å². The Morgan fingerprint density at radius 3 is 2.72 bits per heavy atom. The highest BCUT2D eigenvalue weighted by Gasteiger charge is 2.31. The standard InChI is InChI=1S/C25H23Cl2N5O4/c1-25(2,35)10-9-14-7-8-20-19(11-14)32(3)24(34)18(13-36-20)28-23(33)22-29-21(30-31-22)12-15-16(26)5-4-6-17(15)27/h4-8,11,18,35H,12-13H2,1-3H3,(H,28,33)(H,29,30,31)/t18-/m1/s1. The number of amides is 2. The van der Waals surface area contributed by atoms with E-state index in [0.29, 0.717) is 38.4 Å². The Balaban J connectivity index is 1.47. The summed E-state index contributed by atoms with van der Waals surface area (Å²) in [6.07, 6.45) is 0.251. The second-order valence-corrected chi connectivity index (χ2v) is 9.52. The first kappa shape index (κ1) is 25.5. The number of aliphatic hydroxyl groups is 1. The number of anilines is 1. The first-order valence-corrected chi connectivity index (χ1v) is 11.7. The summed E-state index contributed by atoms with van der Waals surface area (Å²) < 4.78 is 5.80. The van der Waals surface area contributed by atoms with Gasteiger partial charge in [0.15, 0.2) is 0 Å². The molecule has 0 fully saturated rings. The molecule has 3 aromatic rings. The van der Waals surface area contributed by atoms with Crippen LogP contribution in [-0.2, 0) is 11.2 Å². The first-order chi connectivity index (χ1) is 17.0. The van der Waals surface area contributed by atoms with Crippen LogP contribution in [0.2, 0.25) is 10.0 Å². The van der Waals surface area contributed by atoms with Crippen molar-refractivity contribution in [3.8, 4) is 17.6 Å². The predicted molar refractivity (Wildman–Crippen MR) is 135 cm³/mol. The highest BCUT2D eigenvalue weighted by molar-refractivity contribution is 6.36. The molecule has 0 unspecified atom stereocenters. The molecule has 0 saturated heterocycles. The van der Waals surface area contributed by atoms with E-state index in [1.165, 1.54) is 4.90 Å². The lowest BCUT2D eigenvalue weighted by atomic mass is 10.1. The molecule has 9 nitrogen and oxygen atoms in total. The van der Waals surface area contributed by atoms with Gasteiger partial charge in [0.2, 0.25) is 5.82 Å². The van der Waals surface area contributed by atoms with Crippen molar-refractivity contribution < 1.29 is 19.4 Å². The number of likely N-dealkylation sites (N-methyl/N-ethyl adjacent to an activating group) is 1. The number of fused-ring (bicyclic) bond motifs is 1. The lowest BCUT2D eigenvalue weighted by molar-refractivity contribution is -0.120. The Hall–Kier alpha value is -3.58. The van der Waals surface area contributed by atoms with Gasteiger partial charge in [0.05, 0.1) is 5.69 Å². The van der Waals surface area contributed by atoms with Gasteiger partial charge in [0, 0.05) is 29.1 Å². The molecule has 4 rings (SSSR count). The van der Waals surface area contributed by atoms with Gasteiger partial charge in [-0.15, -0.1) is 5.10 Å². The van der Waals surface area contributed by atoms with E-state index in [0.717, 1.165) is 0 Å². The zero-order chi connectivity index (χ0) is 26.0. The number of nitrogens with one attached hydrogen (secondary N) is 2. The number of halogens is 2. The van der Waals surface area contributed by atoms with E-state index in [1.54, 1.807) is 57.3 Å². The summed E-state index contributed by atoms with van der Waals surface area (Å²) >= 11 is 12.4. The third-order valence-corrected chi connectivity index (χ3v) is 6.02.